The van der Waals surface area contributed by atoms with E-state index >= 15 is 0 Å². The van der Waals surface area contributed by atoms with Crippen LogP contribution in [0, 0.1) is 5.92 Å². The first-order chi connectivity index (χ1) is 10.7. The number of rotatable bonds is 8. The zero-order valence-electron chi connectivity index (χ0n) is 13.0. The highest BCUT2D eigenvalue weighted by Crippen LogP contribution is 2.09. The van der Waals surface area contributed by atoms with E-state index in [1.807, 2.05) is 6.07 Å². The molecule has 1 atom stereocenters. The highest BCUT2D eigenvalue weighted by atomic mass is 35.5. The molecule has 0 radical (unpaired) electrons. The number of ether oxygens (including phenoxy) is 1. The molecule has 0 spiro atoms. The maximum atomic E-state index is 12.1. The first-order valence-electron chi connectivity index (χ1n) is 6.96. The standard InChI is InChI=1S/C16H20ClNO4S/c1-12(2)15(16(19)22-11-13(3)17)18-23(20,21)10-9-14-7-5-4-6-8-14/h4-10,12,15,18H,3,11H2,1-2H3/b10-9+/t15-/m1/s1. The summed E-state index contributed by atoms with van der Waals surface area (Å²) in [4.78, 5) is 12.0. The van der Waals surface area contributed by atoms with Crippen LogP contribution in [0.1, 0.15) is 19.4 Å². The van der Waals surface area contributed by atoms with Gasteiger partial charge in [0.25, 0.3) is 0 Å². The molecule has 7 heteroatoms. The van der Waals surface area contributed by atoms with Crippen LogP contribution in [0.25, 0.3) is 6.08 Å². The highest BCUT2D eigenvalue weighted by Gasteiger charge is 2.27. The molecule has 0 bridgehead atoms. The first-order valence-corrected chi connectivity index (χ1v) is 8.89. The van der Waals surface area contributed by atoms with Crippen LogP contribution in [0.2, 0.25) is 0 Å². The lowest BCUT2D eigenvalue weighted by molar-refractivity contribution is -0.145. The van der Waals surface area contributed by atoms with Crippen molar-refractivity contribution in [1.82, 2.24) is 4.72 Å². The second-order valence-corrected chi connectivity index (χ2v) is 7.36. The second-order valence-electron chi connectivity index (χ2n) is 5.22. The summed E-state index contributed by atoms with van der Waals surface area (Å²) in [5.41, 5.74) is 0.736. The summed E-state index contributed by atoms with van der Waals surface area (Å²) in [7, 11) is -3.79. The molecule has 0 saturated carbocycles. The van der Waals surface area contributed by atoms with Crippen molar-refractivity contribution in [2.24, 2.45) is 5.92 Å². The molecule has 0 amide bonds. The van der Waals surface area contributed by atoms with Gasteiger partial charge in [-0.3, -0.25) is 4.79 Å². The molecule has 0 heterocycles. The Kier molecular flexibility index (Phi) is 7.48. The summed E-state index contributed by atoms with van der Waals surface area (Å²) >= 11 is 5.54. The molecule has 23 heavy (non-hydrogen) atoms. The Hall–Kier alpha value is -1.63. The molecular weight excluding hydrogens is 338 g/mol. The molecule has 0 aliphatic heterocycles. The van der Waals surface area contributed by atoms with E-state index in [0.29, 0.717) is 0 Å². The van der Waals surface area contributed by atoms with E-state index in [9.17, 15) is 13.2 Å². The topological polar surface area (TPSA) is 72.5 Å². The number of hydrogen-bond acceptors (Lipinski definition) is 4. The fourth-order valence-electron chi connectivity index (χ4n) is 1.64. The van der Waals surface area contributed by atoms with Crippen molar-refractivity contribution < 1.29 is 17.9 Å². The van der Waals surface area contributed by atoms with Gasteiger partial charge in [0.1, 0.15) is 12.6 Å². The molecular formula is C16H20ClNO4S. The third-order valence-corrected chi connectivity index (χ3v) is 4.01. The van der Waals surface area contributed by atoms with Gasteiger partial charge in [-0.2, -0.15) is 4.72 Å². The number of benzene rings is 1. The van der Waals surface area contributed by atoms with Crippen LogP contribution in [-0.4, -0.2) is 27.0 Å². The van der Waals surface area contributed by atoms with Crippen LogP contribution in [-0.2, 0) is 19.6 Å². The molecule has 0 aromatic heterocycles. The van der Waals surface area contributed by atoms with Gasteiger partial charge in [0, 0.05) is 10.4 Å². The summed E-state index contributed by atoms with van der Waals surface area (Å²) < 4.78 is 31.5. The molecule has 0 unspecified atom stereocenters. The highest BCUT2D eigenvalue weighted by molar-refractivity contribution is 7.92. The fourth-order valence-corrected chi connectivity index (χ4v) is 2.84. The fraction of sp³-hybridized carbons (Fsp3) is 0.312. The van der Waals surface area contributed by atoms with Crippen molar-refractivity contribution in [2.45, 2.75) is 19.9 Å². The zero-order chi connectivity index (χ0) is 17.5. The van der Waals surface area contributed by atoms with Gasteiger partial charge in [0.2, 0.25) is 10.0 Å². The average molecular weight is 358 g/mol. The van der Waals surface area contributed by atoms with Gasteiger partial charge >= 0.3 is 5.97 Å². The predicted octanol–water partition coefficient (Wildman–Crippen LogP) is 2.90. The minimum absolute atomic E-state index is 0.160. The van der Waals surface area contributed by atoms with Crippen molar-refractivity contribution in [3.63, 3.8) is 0 Å². The molecule has 0 fully saturated rings. The molecule has 1 rings (SSSR count). The summed E-state index contributed by atoms with van der Waals surface area (Å²) in [5, 5.41) is 1.18. The summed E-state index contributed by atoms with van der Waals surface area (Å²) in [6.45, 7) is 6.67. The predicted molar refractivity (Wildman–Crippen MR) is 92.1 cm³/mol. The van der Waals surface area contributed by atoms with Gasteiger partial charge < -0.3 is 4.74 Å². The minimum Gasteiger partial charge on any atom is -0.459 e. The van der Waals surface area contributed by atoms with E-state index in [-0.39, 0.29) is 17.6 Å². The number of carbonyl (C=O) groups is 1. The van der Waals surface area contributed by atoms with Crippen molar-refractivity contribution in [1.29, 1.82) is 0 Å². The van der Waals surface area contributed by atoms with Crippen LogP contribution < -0.4 is 4.72 Å². The van der Waals surface area contributed by atoms with E-state index in [2.05, 4.69) is 11.3 Å². The third kappa shape index (κ3) is 7.45. The van der Waals surface area contributed by atoms with Gasteiger partial charge in [-0.05, 0) is 17.6 Å². The first kappa shape index (κ1) is 19.4. The molecule has 1 N–H and O–H groups in total. The minimum atomic E-state index is -3.79. The SMILES string of the molecule is C=C(Cl)COC(=O)[C@H](NS(=O)(=O)/C=C/c1ccccc1)C(C)C. The van der Waals surface area contributed by atoms with Gasteiger partial charge in [0.15, 0.2) is 0 Å². The van der Waals surface area contributed by atoms with Crippen LogP contribution in [0.3, 0.4) is 0 Å². The lowest BCUT2D eigenvalue weighted by atomic mass is 10.1. The smallest absolute Gasteiger partial charge is 0.324 e. The van der Waals surface area contributed by atoms with Gasteiger partial charge in [-0.1, -0.05) is 62.4 Å². The molecule has 5 nitrogen and oxygen atoms in total. The summed E-state index contributed by atoms with van der Waals surface area (Å²) in [6.07, 6.45) is 1.45. The van der Waals surface area contributed by atoms with E-state index < -0.39 is 22.0 Å². The van der Waals surface area contributed by atoms with E-state index in [0.717, 1.165) is 11.0 Å². The molecule has 1 aromatic carbocycles. The van der Waals surface area contributed by atoms with Crippen molar-refractivity contribution in [3.8, 4) is 0 Å². The summed E-state index contributed by atoms with van der Waals surface area (Å²) in [5.74, 6) is -0.982. The Labute approximate surface area is 142 Å². The number of nitrogens with one attached hydrogen (secondary N) is 1. The van der Waals surface area contributed by atoms with Gasteiger partial charge in [-0.15, -0.1) is 0 Å². The van der Waals surface area contributed by atoms with Crippen LogP contribution in [0.4, 0.5) is 0 Å². The lowest BCUT2D eigenvalue weighted by Gasteiger charge is -2.19. The van der Waals surface area contributed by atoms with Crippen molar-refractivity contribution in [2.75, 3.05) is 6.61 Å². The van der Waals surface area contributed by atoms with Crippen LogP contribution >= 0.6 is 11.6 Å². The molecule has 1 aromatic rings. The molecule has 0 saturated heterocycles. The number of halogens is 1. The molecule has 0 aliphatic rings. The van der Waals surface area contributed by atoms with Gasteiger partial charge in [0.05, 0.1) is 0 Å². The van der Waals surface area contributed by atoms with E-state index in [1.54, 1.807) is 38.1 Å². The average Bonchev–Trinajstić information content (AvgIpc) is 2.49. The number of sulfonamides is 1. The Bertz CT molecular complexity index is 669. The number of esters is 1. The Morgan fingerprint density at radius 2 is 1.96 bits per heavy atom. The zero-order valence-corrected chi connectivity index (χ0v) is 14.6. The monoisotopic (exact) mass is 357 g/mol. The number of carbonyl (C=O) groups excluding carboxylic acids is 1. The van der Waals surface area contributed by atoms with E-state index in [1.165, 1.54) is 6.08 Å². The Morgan fingerprint density at radius 3 is 2.48 bits per heavy atom. The summed E-state index contributed by atoms with van der Waals surface area (Å²) in [6, 6.07) is 7.97. The number of hydrogen-bond donors (Lipinski definition) is 1. The molecule has 126 valence electrons. The van der Waals surface area contributed by atoms with Crippen molar-refractivity contribution >= 4 is 33.7 Å². The lowest BCUT2D eigenvalue weighted by Crippen LogP contribution is -2.44. The van der Waals surface area contributed by atoms with Crippen LogP contribution in [0.15, 0.2) is 47.4 Å². The maximum absolute atomic E-state index is 12.1. The Morgan fingerprint density at radius 1 is 1.35 bits per heavy atom. The van der Waals surface area contributed by atoms with Gasteiger partial charge in [-0.25, -0.2) is 8.42 Å². The second kappa shape index (κ2) is 8.86. The maximum Gasteiger partial charge on any atom is 0.324 e. The van der Waals surface area contributed by atoms with Crippen LogP contribution in [0.5, 0.6) is 0 Å². The Balaban J connectivity index is 2.80. The third-order valence-electron chi connectivity index (χ3n) is 2.82. The van der Waals surface area contributed by atoms with E-state index in [4.69, 9.17) is 16.3 Å². The largest absolute Gasteiger partial charge is 0.459 e. The van der Waals surface area contributed by atoms with Crippen molar-refractivity contribution in [3.05, 3.63) is 52.9 Å². The molecule has 0 aliphatic carbocycles. The quantitative estimate of drug-likeness (QED) is 0.726. The normalized spacial score (nSPS) is 13.2.